The summed E-state index contributed by atoms with van der Waals surface area (Å²) in [5.41, 5.74) is 0. The number of unbranched alkanes of at least 4 members (excludes halogenated alkanes) is 18. The Bertz CT molecular complexity index is 871. The fraction of sp³-hybridized carbons (Fsp3) is 1.00. The zero-order valence-corrected chi connectivity index (χ0v) is 33.3. The van der Waals surface area contributed by atoms with E-state index in [1.54, 1.807) is 0 Å². The van der Waals surface area contributed by atoms with Gasteiger partial charge in [0.2, 0.25) is 0 Å². The van der Waals surface area contributed by atoms with Gasteiger partial charge >= 0.3 is 0 Å². The molecule has 3 rings (SSSR count). The molecule has 3 aliphatic heterocycles. The maximum absolute atomic E-state index is 11.5. The highest BCUT2D eigenvalue weighted by Gasteiger charge is 2.45. The minimum Gasteiger partial charge on any atom is -0.394 e. The van der Waals surface area contributed by atoms with E-state index in [2.05, 4.69) is 22.5 Å². The van der Waals surface area contributed by atoms with E-state index in [1.807, 2.05) is 0 Å². The predicted molar refractivity (Wildman–Crippen MR) is 208 cm³/mol. The van der Waals surface area contributed by atoms with Crippen LogP contribution in [0.15, 0.2) is 0 Å². The van der Waals surface area contributed by atoms with Gasteiger partial charge in [0.15, 0.2) is 6.29 Å². The summed E-state index contributed by atoms with van der Waals surface area (Å²) in [5, 5.41) is 70.3. The maximum Gasteiger partial charge on any atom is 0.186 e. The standard InChI is InChI=1S/C41H81N3O9/c1-2-3-4-5-6-7-8-9-10-14-17-20-23-34(46)36(47)33(31-52-41-39(50)38(49)37(48)35(30-45)53-41)40-42-29-32(43-40)22-19-16-13-11-12-15-18-21-24-44-25-27-51-28-26-44/h32-43,45-50H,2-31H2,1H3/t32?,33-,34+,35?,36-,37?,38?,39?,40?,41?/m0/s1. The summed E-state index contributed by atoms with van der Waals surface area (Å²) in [7, 11) is 0. The number of aliphatic hydroxyl groups is 6. The lowest BCUT2D eigenvalue weighted by Crippen LogP contribution is -2.60. The van der Waals surface area contributed by atoms with Crippen LogP contribution >= 0.6 is 0 Å². The summed E-state index contributed by atoms with van der Waals surface area (Å²) in [6.45, 7) is 7.47. The Morgan fingerprint density at radius 3 is 1.89 bits per heavy atom. The number of aliphatic hydroxyl groups excluding tert-OH is 6. The topological polar surface area (TPSA) is 176 Å². The Balaban J connectivity index is 1.36. The molecule has 12 heteroatoms. The highest BCUT2D eigenvalue weighted by atomic mass is 16.7. The summed E-state index contributed by atoms with van der Waals surface area (Å²) in [6, 6.07) is 0.232. The first-order chi connectivity index (χ1) is 25.8. The fourth-order valence-corrected chi connectivity index (χ4v) is 8.17. The number of nitrogens with one attached hydrogen (secondary N) is 2. The Morgan fingerprint density at radius 1 is 0.717 bits per heavy atom. The van der Waals surface area contributed by atoms with Crippen LogP contribution < -0.4 is 10.6 Å². The van der Waals surface area contributed by atoms with Crippen molar-refractivity contribution in [2.75, 3.05) is 52.6 Å². The Morgan fingerprint density at radius 2 is 1.28 bits per heavy atom. The summed E-state index contributed by atoms with van der Waals surface area (Å²) in [6.07, 6.45) is 17.0. The lowest BCUT2D eigenvalue weighted by Gasteiger charge is -2.40. The van der Waals surface area contributed by atoms with Crippen LogP contribution in [0.1, 0.15) is 148 Å². The van der Waals surface area contributed by atoms with Crippen LogP contribution in [-0.4, -0.2) is 143 Å². The number of rotatable bonds is 31. The molecule has 53 heavy (non-hydrogen) atoms. The molecule has 0 radical (unpaired) electrons. The third-order valence-corrected chi connectivity index (χ3v) is 11.8. The van der Waals surface area contributed by atoms with Crippen LogP contribution in [0.3, 0.4) is 0 Å². The average molecular weight is 760 g/mol. The number of hydrogen-bond donors (Lipinski definition) is 8. The van der Waals surface area contributed by atoms with E-state index in [-0.39, 0.29) is 18.8 Å². The number of morpholine rings is 1. The molecule has 0 aliphatic carbocycles. The first kappa shape index (κ1) is 46.9. The van der Waals surface area contributed by atoms with Gasteiger partial charge in [-0.1, -0.05) is 129 Å². The molecule has 0 saturated carbocycles. The van der Waals surface area contributed by atoms with E-state index in [0.29, 0.717) is 6.42 Å². The molecule has 10 atom stereocenters. The molecule has 8 N–H and O–H groups in total. The summed E-state index contributed by atoms with van der Waals surface area (Å²) >= 11 is 0. The number of nitrogens with zero attached hydrogens (tertiary/aromatic N) is 1. The molecule has 0 aromatic heterocycles. The van der Waals surface area contributed by atoms with Crippen molar-refractivity contribution in [2.45, 2.75) is 203 Å². The summed E-state index contributed by atoms with van der Waals surface area (Å²) < 4.78 is 16.9. The quantitative estimate of drug-likeness (QED) is 0.0479. The third kappa shape index (κ3) is 18.6. The zero-order chi connectivity index (χ0) is 38.1. The SMILES string of the molecule is CCCCCCCCCCCCCC[C@@H](O)[C@@H](O)[C@H](COC1OC(CO)C(O)C(O)C1O)C1NCC(CCCCCCCCCCN2CCOCC2)N1. The highest BCUT2D eigenvalue weighted by Crippen LogP contribution is 2.26. The Labute approximate surface area is 321 Å². The summed E-state index contributed by atoms with van der Waals surface area (Å²) in [5.74, 6) is -0.567. The van der Waals surface area contributed by atoms with Crippen LogP contribution in [0, 0.1) is 5.92 Å². The van der Waals surface area contributed by atoms with Crippen molar-refractivity contribution in [1.29, 1.82) is 0 Å². The molecule has 7 unspecified atom stereocenters. The van der Waals surface area contributed by atoms with E-state index in [4.69, 9.17) is 14.2 Å². The van der Waals surface area contributed by atoms with Gasteiger partial charge < -0.3 is 44.8 Å². The van der Waals surface area contributed by atoms with Crippen molar-refractivity contribution in [3.8, 4) is 0 Å². The van der Waals surface area contributed by atoms with Crippen molar-refractivity contribution in [3.05, 3.63) is 0 Å². The van der Waals surface area contributed by atoms with E-state index >= 15 is 0 Å². The van der Waals surface area contributed by atoms with Gasteiger partial charge in [-0.15, -0.1) is 0 Å². The van der Waals surface area contributed by atoms with Gasteiger partial charge in [-0.25, -0.2) is 0 Å². The van der Waals surface area contributed by atoms with Crippen LogP contribution in [-0.2, 0) is 14.2 Å². The molecular weight excluding hydrogens is 678 g/mol. The second-order valence-corrected chi connectivity index (χ2v) is 16.3. The molecule has 314 valence electrons. The fourth-order valence-electron chi connectivity index (χ4n) is 8.17. The van der Waals surface area contributed by atoms with Gasteiger partial charge in [0.1, 0.15) is 24.4 Å². The molecule has 3 saturated heterocycles. The van der Waals surface area contributed by atoms with Crippen LogP contribution in [0.4, 0.5) is 0 Å². The van der Waals surface area contributed by atoms with Gasteiger partial charge in [-0.2, -0.15) is 0 Å². The van der Waals surface area contributed by atoms with Crippen molar-refractivity contribution in [1.82, 2.24) is 15.5 Å². The molecule has 3 heterocycles. The second kappa shape index (κ2) is 28.8. The van der Waals surface area contributed by atoms with Crippen molar-refractivity contribution in [3.63, 3.8) is 0 Å². The van der Waals surface area contributed by atoms with Crippen LogP contribution in [0.5, 0.6) is 0 Å². The summed E-state index contributed by atoms with van der Waals surface area (Å²) in [4.78, 5) is 2.51. The normalized spacial score (nSPS) is 28.7. The van der Waals surface area contributed by atoms with Crippen molar-refractivity contribution < 1.29 is 44.8 Å². The molecule has 0 aromatic rings. The number of hydrogen-bond acceptors (Lipinski definition) is 12. The second-order valence-electron chi connectivity index (χ2n) is 16.3. The van der Waals surface area contributed by atoms with Crippen LogP contribution in [0.2, 0.25) is 0 Å². The first-order valence-electron chi connectivity index (χ1n) is 21.9. The molecule has 3 aliphatic rings. The third-order valence-electron chi connectivity index (χ3n) is 11.8. The molecule has 0 amide bonds. The van der Waals surface area contributed by atoms with E-state index in [0.717, 1.165) is 65.0 Å². The Hall–Kier alpha value is -0.480. The average Bonchev–Trinajstić information content (AvgIpc) is 3.64. The highest BCUT2D eigenvalue weighted by molar-refractivity contribution is 4.93. The minimum absolute atomic E-state index is 0.0663. The molecule has 0 bridgehead atoms. The molecule has 3 fully saturated rings. The van der Waals surface area contributed by atoms with E-state index in [1.165, 1.54) is 109 Å². The van der Waals surface area contributed by atoms with E-state index in [9.17, 15) is 30.6 Å². The van der Waals surface area contributed by atoms with Gasteiger partial charge in [-0.3, -0.25) is 15.5 Å². The minimum atomic E-state index is -1.54. The largest absolute Gasteiger partial charge is 0.394 e. The zero-order valence-electron chi connectivity index (χ0n) is 33.3. The first-order valence-corrected chi connectivity index (χ1v) is 21.9. The predicted octanol–water partition coefficient (Wildman–Crippen LogP) is 3.96. The van der Waals surface area contributed by atoms with Crippen LogP contribution in [0.25, 0.3) is 0 Å². The van der Waals surface area contributed by atoms with Gasteiger partial charge in [0.05, 0.1) is 44.8 Å². The van der Waals surface area contributed by atoms with Gasteiger partial charge in [-0.05, 0) is 25.8 Å². The molecular formula is C41H81N3O9. The lowest BCUT2D eigenvalue weighted by atomic mass is 9.92. The molecule has 0 spiro atoms. The Kier molecular flexibility index (Phi) is 25.5. The molecule has 12 nitrogen and oxygen atoms in total. The van der Waals surface area contributed by atoms with E-state index < -0.39 is 55.4 Å². The van der Waals surface area contributed by atoms with Crippen molar-refractivity contribution >= 4 is 0 Å². The molecule has 0 aromatic carbocycles. The van der Waals surface area contributed by atoms with Gasteiger partial charge in [0.25, 0.3) is 0 Å². The maximum atomic E-state index is 11.5. The van der Waals surface area contributed by atoms with Crippen molar-refractivity contribution in [2.24, 2.45) is 5.92 Å². The van der Waals surface area contributed by atoms with Gasteiger partial charge in [0, 0.05) is 31.6 Å². The lowest BCUT2D eigenvalue weighted by molar-refractivity contribution is -0.305. The smallest absolute Gasteiger partial charge is 0.186 e. The number of ether oxygens (including phenoxy) is 3. The monoisotopic (exact) mass is 760 g/mol.